The second-order valence-corrected chi connectivity index (χ2v) is 7.32. The quantitative estimate of drug-likeness (QED) is 0.409. The summed E-state index contributed by atoms with van der Waals surface area (Å²) in [5.74, 6) is 0.0793. The van der Waals surface area contributed by atoms with E-state index in [-0.39, 0.29) is 18.4 Å². The van der Waals surface area contributed by atoms with Gasteiger partial charge < -0.3 is 9.47 Å². The fraction of sp³-hybridized carbons (Fsp3) is 0.0909. The molecular formula is C22H15IO4. The van der Waals surface area contributed by atoms with Gasteiger partial charge in [0.1, 0.15) is 19.0 Å². The summed E-state index contributed by atoms with van der Waals surface area (Å²) in [6, 6.07) is 20.0. The third-order valence-electron chi connectivity index (χ3n) is 4.40. The Morgan fingerprint density at radius 1 is 1.00 bits per heavy atom. The number of ketones is 1. The van der Waals surface area contributed by atoms with Crippen LogP contribution >= 0.6 is 22.6 Å². The van der Waals surface area contributed by atoms with Gasteiger partial charge in [0, 0.05) is 14.7 Å². The van der Waals surface area contributed by atoms with Crippen LogP contribution in [0.1, 0.15) is 37.4 Å². The SMILES string of the molecule is O=C(OCc1ccc2c(c1)C(=O)c1ccccc1CO2)c1ccccc1I. The van der Waals surface area contributed by atoms with Crippen molar-refractivity contribution in [2.75, 3.05) is 0 Å². The summed E-state index contributed by atoms with van der Waals surface area (Å²) in [4.78, 5) is 25.2. The van der Waals surface area contributed by atoms with Gasteiger partial charge in [0.05, 0.1) is 11.1 Å². The molecule has 4 nitrogen and oxygen atoms in total. The molecule has 3 aromatic carbocycles. The molecule has 0 saturated carbocycles. The second kappa shape index (κ2) is 7.52. The van der Waals surface area contributed by atoms with E-state index in [1.165, 1.54) is 0 Å². The van der Waals surface area contributed by atoms with Gasteiger partial charge in [-0.05, 0) is 52.4 Å². The monoisotopic (exact) mass is 470 g/mol. The minimum absolute atomic E-state index is 0.0797. The van der Waals surface area contributed by atoms with Gasteiger partial charge in [-0.3, -0.25) is 4.79 Å². The molecule has 0 aliphatic carbocycles. The van der Waals surface area contributed by atoms with Gasteiger partial charge in [0.15, 0.2) is 5.78 Å². The normalized spacial score (nSPS) is 12.4. The Labute approximate surface area is 170 Å². The number of hydrogen-bond acceptors (Lipinski definition) is 4. The fourth-order valence-electron chi connectivity index (χ4n) is 2.99. The first-order valence-electron chi connectivity index (χ1n) is 8.43. The average molecular weight is 470 g/mol. The van der Waals surface area contributed by atoms with Crippen LogP contribution in [0.25, 0.3) is 0 Å². The van der Waals surface area contributed by atoms with E-state index in [1.54, 1.807) is 30.3 Å². The fourth-order valence-corrected chi connectivity index (χ4v) is 3.60. The molecule has 134 valence electrons. The van der Waals surface area contributed by atoms with Crippen molar-refractivity contribution >= 4 is 34.3 Å². The second-order valence-electron chi connectivity index (χ2n) is 6.16. The molecule has 27 heavy (non-hydrogen) atoms. The Hall–Kier alpha value is -2.67. The standard InChI is InChI=1S/C22H15IO4/c23-19-8-4-3-7-17(19)22(25)27-12-14-9-10-20-18(11-14)21(24)16-6-2-1-5-15(16)13-26-20/h1-11H,12-13H2. The highest BCUT2D eigenvalue weighted by Gasteiger charge is 2.22. The zero-order valence-electron chi connectivity index (χ0n) is 14.3. The zero-order valence-corrected chi connectivity index (χ0v) is 16.4. The highest BCUT2D eigenvalue weighted by Crippen LogP contribution is 2.29. The Bertz CT molecular complexity index is 1040. The molecule has 0 amide bonds. The summed E-state index contributed by atoms with van der Waals surface area (Å²) in [5.41, 5.74) is 3.27. The van der Waals surface area contributed by atoms with Crippen LogP contribution in [0.5, 0.6) is 5.75 Å². The molecule has 4 rings (SSSR count). The van der Waals surface area contributed by atoms with Crippen molar-refractivity contribution in [2.24, 2.45) is 0 Å². The number of hydrogen-bond donors (Lipinski definition) is 0. The first-order valence-corrected chi connectivity index (χ1v) is 9.51. The highest BCUT2D eigenvalue weighted by atomic mass is 127. The third kappa shape index (κ3) is 3.60. The number of carbonyl (C=O) groups excluding carboxylic acids is 2. The predicted octanol–water partition coefficient (Wildman–Crippen LogP) is 4.77. The van der Waals surface area contributed by atoms with E-state index >= 15 is 0 Å². The Balaban J connectivity index is 1.56. The number of halogens is 1. The number of esters is 1. The lowest BCUT2D eigenvalue weighted by Crippen LogP contribution is -2.08. The summed E-state index contributed by atoms with van der Waals surface area (Å²) in [5, 5.41) is 0. The molecule has 0 fully saturated rings. The maximum atomic E-state index is 12.9. The third-order valence-corrected chi connectivity index (χ3v) is 5.34. The van der Waals surface area contributed by atoms with E-state index in [9.17, 15) is 9.59 Å². The zero-order chi connectivity index (χ0) is 18.8. The molecule has 0 aromatic heterocycles. The highest BCUT2D eigenvalue weighted by molar-refractivity contribution is 14.1. The molecule has 0 unspecified atom stereocenters. The minimum Gasteiger partial charge on any atom is -0.488 e. The van der Waals surface area contributed by atoms with Gasteiger partial charge >= 0.3 is 5.97 Å². The van der Waals surface area contributed by atoms with Gasteiger partial charge in [0.25, 0.3) is 0 Å². The Kier molecular flexibility index (Phi) is 4.94. The number of fused-ring (bicyclic) bond motifs is 2. The van der Waals surface area contributed by atoms with E-state index in [1.807, 2.05) is 36.4 Å². The molecule has 1 aliphatic rings. The van der Waals surface area contributed by atoms with Crippen molar-refractivity contribution in [1.82, 2.24) is 0 Å². The van der Waals surface area contributed by atoms with Gasteiger partial charge in [-0.15, -0.1) is 0 Å². The molecule has 0 bridgehead atoms. The van der Waals surface area contributed by atoms with Gasteiger partial charge in [-0.25, -0.2) is 4.79 Å². The molecular weight excluding hydrogens is 455 g/mol. The van der Waals surface area contributed by atoms with Crippen LogP contribution in [0.2, 0.25) is 0 Å². The molecule has 1 heterocycles. The number of rotatable bonds is 3. The van der Waals surface area contributed by atoms with E-state index in [4.69, 9.17) is 9.47 Å². The van der Waals surface area contributed by atoms with Gasteiger partial charge in [0.2, 0.25) is 0 Å². The molecule has 1 aliphatic heterocycles. The lowest BCUT2D eigenvalue weighted by molar-refractivity contribution is 0.0471. The smallest absolute Gasteiger partial charge is 0.339 e. The molecule has 0 saturated heterocycles. The van der Waals surface area contributed by atoms with Crippen molar-refractivity contribution in [3.05, 3.63) is 98.1 Å². The topological polar surface area (TPSA) is 52.6 Å². The average Bonchev–Trinajstić information content (AvgIpc) is 2.84. The first-order chi connectivity index (χ1) is 13.1. The van der Waals surface area contributed by atoms with Crippen molar-refractivity contribution in [1.29, 1.82) is 0 Å². The summed E-state index contributed by atoms with van der Waals surface area (Å²) >= 11 is 2.10. The maximum absolute atomic E-state index is 12.9. The van der Waals surface area contributed by atoms with Crippen LogP contribution in [0, 0.1) is 3.57 Å². The van der Waals surface area contributed by atoms with Gasteiger partial charge in [-0.2, -0.15) is 0 Å². The Morgan fingerprint density at radius 2 is 1.78 bits per heavy atom. The van der Waals surface area contributed by atoms with Crippen LogP contribution in [0.4, 0.5) is 0 Å². The van der Waals surface area contributed by atoms with Crippen LogP contribution in [0.3, 0.4) is 0 Å². The summed E-state index contributed by atoms with van der Waals surface area (Å²) in [7, 11) is 0. The van der Waals surface area contributed by atoms with Crippen molar-refractivity contribution in [3.8, 4) is 5.75 Å². The van der Waals surface area contributed by atoms with E-state index in [0.717, 1.165) is 14.7 Å². The van der Waals surface area contributed by atoms with E-state index in [2.05, 4.69) is 22.6 Å². The summed E-state index contributed by atoms with van der Waals surface area (Å²) in [6.45, 7) is 0.446. The first kappa shape index (κ1) is 17.7. The van der Waals surface area contributed by atoms with Crippen LogP contribution in [-0.4, -0.2) is 11.8 Å². The molecule has 0 radical (unpaired) electrons. The molecule has 3 aromatic rings. The maximum Gasteiger partial charge on any atom is 0.339 e. The molecule has 0 spiro atoms. The van der Waals surface area contributed by atoms with Crippen molar-refractivity contribution in [2.45, 2.75) is 13.2 Å². The lowest BCUT2D eigenvalue weighted by Gasteiger charge is -2.10. The largest absolute Gasteiger partial charge is 0.488 e. The molecule has 0 N–H and O–H groups in total. The summed E-state index contributed by atoms with van der Waals surface area (Å²) < 4.78 is 12.0. The summed E-state index contributed by atoms with van der Waals surface area (Å²) in [6.07, 6.45) is 0. The van der Waals surface area contributed by atoms with Crippen LogP contribution in [0.15, 0.2) is 66.7 Å². The van der Waals surface area contributed by atoms with Gasteiger partial charge in [-0.1, -0.05) is 42.5 Å². The lowest BCUT2D eigenvalue weighted by atomic mass is 9.98. The van der Waals surface area contributed by atoms with Crippen molar-refractivity contribution < 1.29 is 19.1 Å². The van der Waals surface area contributed by atoms with E-state index < -0.39 is 0 Å². The van der Waals surface area contributed by atoms with Crippen molar-refractivity contribution in [3.63, 3.8) is 0 Å². The molecule has 5 heteroatoms. The van der Waals surface area contributed by atoms with E-state index in [0.29, 0.717) is 29.0 Å². The Morgan fingerprint density at radius 3 is 2.63 bits per heavy atom. The number of ether oxygens (including phenoxy) is 2. The molecule has 0 atom stereocenters. The predicted molar refractivity (Wildman–Crippen MR) is 109 cm³/mol. The van der Waals surface area contributed by atoms with Crippen LogP contribution in [-0.2, 0) is 18.0 Å². The number of benzene rings is 3. The minimum atomic E-state index is -0.386. The van der Waals surface area contributed by atoms with Crippen LogP contribution < -0.4 is 4.74 Å². The number of carbonyl (C=O) groups is 2.